The summed E-state index contributed by atoms with van der Waals surface area (Å²) in [5.41, 5.74) is -0.601. The van der Waals surface area contributed by atoms with E-state index in [1.807, 2.05) is 0 Å². The van der Waals surface area contributed by atoms with Crippen molar-refractivity contribution in [2.75, 3.05) is 12.4 Å². The Kier molecular flexibility index (Phi) is 15.9. The Balaban J connectivity index is 0.00000481. The van der Waals surface area contributed by atoms with Crippen molar-refractivity contribution in [3.8, 4) is 17.3 Å². The molecule has 1 aromatic heterocycles. The van der Waals surface area contributed by atoms with E-state index in [9.17, 15) is 44.6 Å². The monoisotopic (exact) mass is 699 g/mol. The van der Waals surface area contributed by atoms with Gasteiger partial charge in [0.25, 0.3) is 0 Å². The summed E-state index contributed by atoms with van der Waals surface area (Å²) in [6, 6.07) is 6.98. The fraction of sp³-hybridized carbons (Fsp3) is 0.167. The van der Waals surface area contributed by atoms with E-state index in [4.69, 9.17) is 0 Å². The molecule has 21 heteroatoms. The van der Waals surface area contributed by atoms with E-state index in [1.165, 1.54) is 19.1 Å². The maximum atomic E-state index is 12.7. The number of aryl methyl sites for hydroxylation is 1. The molecule has 0 saturated heterocycles. The van der Waals surface area contributed by atoms with Crippen LogP contribution in [0.4, 0.5) is 11.4 Å². The van der Waals surface area contributed by atoms with Crippen molar-refractivity contribution >= 4 is 41.7 Å². The number of hydrogen-bond acceptors (Lipinski definition) is 14. The maximum Gasteiger partial charge on any atom is 2.00 e. The summed E-state index contributed by atoms with van der Waals surface area (Å²) < 4.78 is 94.0. The van der Waals surface area contributed by atoms with Gasteiger partial charge in [0.05, 0.1) is 39.2 Å². The van der Waals surface area contributed by atoms with Crippen molar-refractivity contribution in [1.29, 1.82) is 0 Å². The van der Waals surface area contributed by atoms with Gasteiger partial charge in [0, 0.05) is 5.88 Å². The van der Waals surface area contributed by atoms with E-state index in [0.717, 1.165) is 35.0 Å². The summed E-state index contributed by atoms with van der Waals surface area (Å²) in [6.07, 6.45) is 0. The number of aromatic nitrogens is 2. The van der Waals surface area contributed by atoms with Crippen molar-refractivity contribution in [2.24, 2.45) is 10.2 Å². The van der Waals surface area contributed by atoms with Gasteiger partial charge < -0.3 is 19.3 Å². The molecule has 3 rings (SSSR count). The van der Waals surface area contributed by atoms with Crippen LogP contribution in [0.3, 0.4) is 0 Å². The van der Waals surface area contributed by atoms with Gasteiger partial charge in [-0.05, 0) is 43.3 Å². The first-order chi connectivity index (χ1) is 16.6. The molecule has 2 aromatic carbocycles. The summed E-state index contributed by atoms with van der Waals surface area (Å²) >= 11 is 0. The number of hydrogen-bond donors (Lipinski definition) is 0. The quantitative estimate of drug-likeness (QED) is 0.0876. The van der Waals surface area contributed by atoms with Crippen LogP contribution in [0.2, 0.25) is 0 Å². The third-order valence-corrected chi connectivity index (χ3v) is 7.47. The van der Waals surface area contributed by atoms with Gasteiger partial charge in [-0.15, -0.1) is 5.11 Å². The number of rotatable bonds is 9. The minimum absolute atomic E-state index is 0. The number of nitrogens with zero attached hydrogens (tertiary/aromatic N) is 4. The first kappa shape index (κ1) is 39.4. The third-order valence-electron chi connectivity index (χ3n) is 4.48. The van der Waals surface area contributed by atoms with E-state index < -0.39 is 69.8 Å². The first-order valence-corrected chi connectivity index (χ1v) is 13.9. The van der Waals surface area contributed by atoms with Crippen molar-refractivity contribution in [3.63, 3.8) is 0 Å². The van der Waals surface area contributed by atoms with Gasteiger partial charge in [0.15, 0.2) is 9.84 Å². The van der Waals surface area contributed by atoms with Crippen LogP contribution in [0.15, 0.2) is 62.5 Å². The molecule has 203 valence electrons. The molecule has 0 amide bonds. The smallest absolute Gasteiger partial charge is 0.871 e. The average Bonchev–Trinajstić information content (AvgIpc) is 3.05. The van der Waals surface area contributed by atoms with Gasteiger partial charge in [-0.3, -0.25) is 4.18 Å². The van der Waals surface area contributed by atoms with E-state index in [0.29, 0.717) is 0 Å². The van der Waals surface area contributed by atoms with E-state index in [2.05, 4.69) is 19.5 Å². The van der Waals surface area contributed by atoms with Gasteiger partial charge in [0.1, 0.15) is 15.8 Å². The number of azo groups is 1. The van der Waals surface area contributed by atoms with Crippen molar-refractivity contribution in [3.05, 3.63) is 48.2 Å². The van der Waals surface area contributed by atoms with Crippen LogP contribution in [-0.4, -0.2) is 56.5 Å². The summed E-state index contributed by atoms with van der Waals surface area (Å²) in [6.45, 7) is 0.454. The molecule has 0 saturated carbocycles. The molecular formula is C18H14CuK2N4O11S3. The standard InChI is InChI=1S/C18H18N4O11S3.Cu.2K/c1-11-17(18(24)22(21-11)12-2-4-13(5-3-12)35(27,28)29)20-19-15-10-14(6-7-16(15)23)34(25,26)9-8-33-36(30,31)32;;;/h2-7,10,23-24H,8-9H2,1H3,(H,27,28,29)(H,30,31,32);;;/q;+2;2*+1/p-4. The Morgan fingerprint density at radius 1 is 0.897 bits per heavy atom. The molecule has 0 N–H and O–H groups in total. The SMILES string of the molecule is Cc1nn(-c2ccc(S(=O)(=O)[O-])cc2)c([O-])c1N=Nc1cc(S(=O)(=O)CCOS(=O)(=O)[O-])ccc1[O-].[Cu+2].[K+].[K+]. The van der Waals surface area contributed by atoms with Crippen molar-refractivity contribution < 1.29 is 169 Å². The third kappa shape index (κ3) is 10.9. The van der Waals surface area contributed by atoms with Crippen LogP contribution < -0.4 is 113 Å². The molecule has 1 heterocycles. The molecule has 0 fully saturated rings. The largest absolute Gasteiger partial charge is 2.00 e. The molecule has 3 aromatic rings. The van der Waals surface area contributed by atoms with Crippen LogP contribution in [0.25, 0.3) is 5.69 Å². The zero-order chi connectivity index (χ0) is 26.9. The summed E-state index contributed by atoms with van der Waals surface area (Å²) in [5.74, 6) is -2.43. The van der Waals surface area contributed by atoms with Crippen LogP contribution >= 0.6 is 0 Å². The Bertz CT molecular complexity index is 1660. The van der Waals surface area contributed by atoms with E-state index in [1.54, 1.807) is 0 Å². The van der Waals surface area contributed by atoms with Crippen LogP contribution in [0.5, 0.6) is 11.6 Å². The normalized spacial score (nSPS) is 11.9. The molecule has 39 heavy (non-hydrogen) atoms. The second kappa shape index (κ2) is 15.7. The predicted octanol–water partition coefficient (Wildman–Crippen LogP) is -6.10. The second-order valence-corrected chi connectivity index (χ2v) is 11.5. The molecule has 0 aliphatic carbocycles. The molecule has 15 nitrogen and oxygen atoms in total. The zero-order valence-corrected chi connectivity index (χ0v) is 29.9. The summed E-state index contributed by atoms with van der Waals surface area (Å²) in [7, 11) is -14.0. The Hall–Kier alpha value is 0.372. The average molecular weight is 700 g/mol. The molecule has 1 radical (unpaired) electrons. The fourth-order valence-electron chi connectivity index (χ4n) is 2.78. The number of benzene rings is 2. The zero-order valence-electron chi connectivity index (χ0n) is 20.3. The Morgan fingerprint density at radius 3 is 2.00 bits per heavy atom. The molecule has 0 spiro atoms. The van der Waals surface area contributed by atoms with Gasteiger partial charge in [0.2, 0.25) is 10.4 Å². The van der Waals surface area contributed by atoms with Crippen molar-refractivity contribution in [1.82, 2.24) is 9.78 Å². The van der Waals surface area contributed by atoms with E-state index in [-0.39, 0.29) is 137 Å². The Labute approximate surface area is 319 Å². The second-order valence-electron chi connectivity index (χ2n) is 6.98. The van der Waals surface area contributed by atoms with Gasteiger partial charge in [-0.2, -0.15) is 10.2 Å². The predicted molar refractivity (Wildman–Crippen MR) is 113 cm³/mol. The van der Waals surface area contributed by atoms with Gasteiger partial charge in [-0.1, -0.05) is 11.8 Å². The minimum atomic E-state index is -5.09. The van der Waals surface area contributed by atoms with Gasteiger partial charge >= 0.3 is 120 Å². The van der Waals surface area contributed by atoms with Crippen molar-refractivity contribution in [2.45, 2.75) is 16.7 Å². The van der Waals surface area contributed by atoms with Gasteiger partial charge in [-0.25, -0.2) is 29.9 Å². The number of sulfone groups is 1. The molecule has 0 atom stereocenters. The summed E-state index contributed by atoms with van der Waals surface area (Å²) in [4.78, 5) is -0.951. The van der Waals surface area contributed by atoms with E-state index >= 15 is 0 Å². The molecule has 0 bridgehead atoms. The molecule has 0 aliphatic rings. The minimum Gasteiger partial charge on any atom is -0.871 e. The maximum absolute atomic E-state index is 12.7. The Morgan fingerprint density at radius 2 is 1.46 bits per heavy atom. The molecule has 0 aliphatic heterocycles. The summed E-state index contributed by atoms with van der Waals surface area (Å²) in [5, 5.41) is 36.1. The fourth-order valence-corrected chi connectivity index (χ4v) is 4.75. The van der Waals surface area contributed by atoms with Crippen LogP contribution in [-0.2, 0) is 51.6 Å². The topological polar surface area (TPSA) is 246 Å². The first-order valence-electron chi connectivity index (χ1n) is 9.47. The molecule has 0 unspecified atom stereocenters. The molecular weight excluding hydrogens is 686 g/mol. The van der Waals surface area contributed by atoms with Crippen LogP contribution in [0.1, 0.15) is 5.69 Å². The van der Waals surface area contributed by atoms with Crippen LogP contribution in [0, 0.1) is 6.92 Å².